The lowest BCUT2D eigenvalue weighted by molar-refractivity contribution is -0.137. The third-order valence-corrected chi connectivity index (χ3v) is 5.70. The zero-order valence-electron chi connectivity index (χ0n) is 19.0. The summed E-state index contributed by atoms with van der Waals surface area (Å²) in [7, 11) is 0. The van der Waals surface area contributed by atoms with Gasteiger partial charge >= 0.3 is 11.9 Å². The van der Waals surface area contributed by atoms with E-state index in [-0.39, 0.29) is 22.6 Å². The van der Waals surface area contributed by atoms with Crippen LogP contribution in [0.5, 0.6) is 0 Å². The molecule has 1 atom stereocenters. The molecule has 0 N–H and O–H groups in total. The Morgan fingerprint density at radius 3 is 2.36 bits per heavy atom. The van der Waals surface area contributed by atoms with Crippen molar-refractivity contribution in [1.29, 1.82) is 5.26 Å². The van der Waals surface area contributed by atoms with Crippen LogP contribution in [0.15, 0.2) is 70.4 Å². The molecule has 182 valence electrons. The normalized spacial score (nSPS) is 12.2. The lowest BCUT2D eigenvalue weighted by Crippen LogP contribution is -2.43. The summed E-state index contributed by atoms with van der Waals surface area (Å²) >= 11 is 0. The molecule has 0 saturated carbocycles. The zero-order chi connectivity index (χ0) is 26.2. The first-order chi connectivity index (χ1) is 17.1. The lowest BCUT2D eigenvalue weighted by Gasteiger charge is -2.20. The number of carbonyl (C=O) groups is 1. The quantitative estimate of drug-likeness (QED) is 0.394. The van der Waals surface area contributed by atoms with Gasteiger partial charge in [0.1, 0.15) is 6.29 Å². The number of halogens is 3. The Hall–Kier alpha value is -4.72. The fourth-order valence-electron chi connectivity index (χ4n) is 3.94. The Morgan fingerprint density at radius 2 is 1.75 bits per heavy atom. The van der Waals surface area contributed by atoms with Gasteiger partial charge in [-0.15, -0.1) is 0 Å². The first-order valence-corrected chi connectivity index (χ1v) is 10.6. The van der Waals surface area contributed by atoms with E-state index in [2.05, 4.69) is 5.10 Å². The van der Waals surface area contributed by atoms with Crippen LogP contribution in [-0.4, -0.2) is 25.2 Å². The van der Waals surface area contributed by atoms with Crippen molar-refractivity contribution in [2.24, 2.45) is 0 Å². The topological polar surface area (TPSA) is 103 Å². The molecule has 0 radical (unpaired) electrons. The number of nitriles is 1. The molecule has 0 aliphatic carbocycles. The molecule has 0 bridgehead atoms. The molecule has 36 heavy (non-hydrogen) atoms. The summed E-state index contributed by atoms with van der Waals surface area (Å²) < 4.78 is 43.2. The summed E-state index contributed by atoms with van der Waals surface area (Å²) in [5.74, 6) is 0. The van der Waals surface area contributed by atoms with Crippen LogP contribution < -0.4 is 11.2 Å². The summed E-state index contributed by atoms with van der Waals surface area (Å²) in [6.45, 7) is 2.77. The second kappa shape index (κ2) is 9.14. The highest BCUT2D eigenvalue weighted by Gasteiger charge is 2.31. The minimum atomic E-state index is -4.66. The molecular weight excluding hydrogens is 475 g/mol. The van der Waals surface area contributed by atoms with Crippen molar-refractivity contribution in [1.82, 2.24) is 18.9 Å². The predicted octanol–water partition coefficient (Wildman–Crippen LogP) is 3.81. The average molecular weight is 493 g/mol. The number of aromatic nitrogens is 4. The number of benzene rings is 2. The maximum Gasteiger partial charge on any atom is 0.416 e. The van der Waals surface area contributed by atoms with Crippen molar-refractivity contribution in [3.05, 3.63) is 98.5 Å². The number of alkyl halides is 3. The molecule has 4 rings (SSSR count). The highest BCUT2D eigenvalue weighted by Crippen LogP contribution is 2.31. The van der Waals surface area contributed by atoms with Gasteiger partial charge in [0.25, 0.3) is 5.56 Å². The van der Waals surface area contributed by atoms with E-state index in [1.54, 1.807) is 24.3 Å². The van der Waals surface area contributed by atoms with E-state index >= 15 is 0 Å². The van der Waals surface area contributed by atoms with Crippen LogP contribution in [0.25, 0.3) is 22.6 Å². The number of hydrogen-bond donors (Lipinski definition) is 0. The molecule has 11 heteroatoms. The lowest BCUT2D eigenvalue weighted by atomic mass is 10.1. The minimum absolute atomic E-state index is 0.0254. The molecule has 4 aromatic rings. The molecule has 0 aliphatic heterocycles. The molecule has 0 aliphatic rings. The number of hydrogen-bond acceptors (Lipinski definition) is 5. The van der Waals surface area contributed by atoms with E-state index in [0.717, 1.165) is 22.8 Å². The molecule has 2 heterocycles. The second-order valence-corrected chi connectivity index (χ2v) is 7.97. The van der Waals surface area contributed by atoms with Crippen molar-refractivity contribution in [3.63, 3.8) is 0 Å². The summed E-state index contributed by atoms with van der Waals surface area (Å²) in [6.07, 6.45) is -2.84. The SMILES string of the molecule is Cc1c(-c2ccnn2-c2ccc(C#N)cc2)c(=O)n(C(C)C=O)c(=O)n1-c1cccc(C(F)(F)F)c1. The number of carbonyl (C=O) groups excluding carboxylic acids is 1. The molecule has 0 fully saturated rings. The van der Waals surface area contributed by atoms with Crippen LogP contribution in [0.3, 0.4) is 0 Å². The fraction of sp³-hybridized carbons (Fsp3) is 0.160. The van der Waals surface area contributed by atoms with E-state index in [4.69, 9.17) is 5.26 Å². The molecular formula is C25H18F3N5O3. The average Bonchev–Trinajstić information content (AvgIpc) is 3.33. The van der Waals surface area contributed by atoms with Gasteiger partial charge in [-0.3, -0.25) is 9.36 Å². The van der Waals surface area contributed by atoms with E-state index in [1.807, 2.05) is 6.07 Å². The zero-order valence-corrected chi connectivity index (χ0v) is 19.0. The van der Waals surface area contributed by atoms with E-state index < -0.39 is 29.0 Å². The monoisotopic (exact) mass is 493 g/mol. The maximum absolute atomic E-state index is 13.5. The fourth-order valence-corrected chi connectivity index (χ4v) is 3.94. The molecule has 2 aromatic heterocycles. The number of nitrogens with zero attached hydrogens (tertiary/aromatic N) is 5. The standard InChI is InChI=1S/C25H18F3N5O3/c1-15(14-34)31-23(35)22(21-10-11-30-33(21)19-8-6-17(13-29)7-9-19)16(2)32(24(31)36)20-5-3-4-18(12-20)25(26,27)28/h3-12,14-15H,1-2H3. The van der Waals surface area contributed by atoms with Gasteiger partial charge in [-0.2, -0.15) is 23.5 Å². The maximum atomic E-state index is 13.5. The Balaban J connectivity index is 2.06. The molecule has 0 saturated heterocycles. The largest absolute Gasteiger partial charge is 0.416 e. The van der Waals surface area contributed by atoms with Gasteiger partial charge in [0, 0.05) is 5.69 Å². The van der Waals surface area contributed by atoms with Crippen molar-refractivity contribution < 1.29 is 18.0 Å². The van der Waals surface area contributed by atoms with Crippen LogP contribution in [0.1, 0.15) is 29.8 Å². The Kier molecular flexibility index (Phi) is 6.20. The van der Waals surface area contributed by atoms with Crippen LogP contribution in [0.2, 0.25) is 0 Å². The van der Waals surface area contributed by atoms with Gasteiger partial charge in [0.2, 0.25) is 0 Å². The van der Waals surface area contributed by atoms with Crippen LogP contribution >= 0.6 is 0 Å². The Bertz CT molecular complexity index is 1620. The predicted molar refractivity (Wildman–Crippen MR) is 124 cm³/mol. The number of aldehydes is 1. The summed E-state index contributed by atoms with van der Waals surface area (Å²) in [5, 5.41) is 13.3. The molecule has 0 amide bonds. The highest BCUT2D eigenvalue weighted by atomic mass is 19.4. The summed E-state index contributed by atoms with van der Waals surface area (Å²) in [4.78, 5) is 38.5. The third-order valence-electron chi connectivity index (χ3n) is 5.70. The van der Waals surface area contributed by atoms with Crippen molar-refractivity contribution >= 4 is 6.29 Å². The van der Waals surface area contributed by atoms with Crippen molar-refractivity contribution in [2.75, 3.05) is 0 Å². The van der Waals surface area contributed by atoms with Gasteiger partial charge in [0.15, 0.2) is 0 Å². The van der Waals surface area contributed by atoms with Gasteiger partial charge in [-0.25, -0.2) is 14.0 Å². The third kappa shape index (κ3) is 4.13. The minimum Gasteiger partial charge on any atom is -0.301 e. The van der Waals surface area contributed by atoms with Gasteiger partial charge in [0.05, 0.1) is 52.1 Å². The van der Waals surface area contributed by atoms with Gasteiger partial charge in [-0.1, -0.05) is 6.07 Å². The Labute approximate surface area is 202 Å². The molecule has 1 unspecified atom stereocenters. The van der Waals surface area contributed by atoms with E-state index in [1.165, 1.54) is 36.9 Å². The van der Waals surface area contributed by atoms with Gasteiger partial charge in [-0.05, 0) is 62.4 Å². The smallest absolute Gasteiger partial charge is 0.301 e. The number of rotatable bonds is 5. The van der Waals surface area contributed by atoms with Crippen LogP contribution in [0.4, 0.5) is 13.2 Å². The van der Waals surface area contributed by atoms with E-state index in [9.17, 15) is 27.6 Å². The van der Waals surface area contributed by atoms with Crippen molar-refractivity contribution in [3.8, 4) is 28.7 Å². The van der Waals surface area contributed by atoms with E-state index in [0.29, 0.717) is 22.1 Å². The van der Waals surface area contributed by atoms with Crippen molar-refractivity contribution in [2.45, 2.75) is 26.1 Å². The first kappa shape index (κ1) is 24.4. The molecule has 8 nitrogen and oxygen atoms in total. The van der Waals surface area contributed by atoms with Crippen LogP contribution in [0, 0.1) is 18.3 Å². The second-order valence-electron chi connectivity index (χ2n) is 7.97. The molecule has 0 spiro atoms. The first-order valence-electron chi connectivity index (χ1n) is 10.6. The molecule has 2 aromatic carbocycles. The summed E-state index contributed by atoms with van der Waals surface area (Å²) in [6, 6.07) is 12.8. The van der Waals surface area contributed by atoms with Gasteiger partial charge < -0.3 is 4.79 Å². The van der Waals surface area contributed by atoms with Crippen LogP contribution in [-0.2, 0) is 11.0 Å². The summed E-state index contributed by atoms with van der Waals surface area (Å²) in [5.41, 5.74) is -1.66. The Morgan fingerprint density at radius 1 is 1.06 bits per heavy atom. The highest BCUT2D eigenvalue weighted by molar-refractivity contribution is 5.65.